The maximum atomic E-state index is 12.4. The Kier molecular flexibility index (Phi) is 6.73. The van der Waals surface area contributed by atoms with E-state index in [1.807, 2.05) is 24.3 Å². The summed E-state index contributed by atoms with van der Waals surface area (Å²) < 4.78 is 5.61. The second kappa shape index (κ2) is 9.85. The summed E-state index contributed by atoms with van der Waals surface area (Å²) in [7, 11) is 0. The second-order valence-corrected chi connectivity index (χ2v) is 8.54. The van der Waals surface area contributed by atoms with Gasteiger partial charge in [0.15, 0.2) is 0 Å². The van der Waals surface area contributed by atoms with Crippen LogP contribution < -0.4 is 10.6 Å². The number of rotatable bonds is 8. The van der Waals surface area contributed by atoms with Crippen molar-refractivity contribution in [3.63, 3.8) is 0 Å². The molecule has 1 saturated carbocycles. The third-order valence-corrected chi connectivity index (χ3v) is 6.34. The number of amides is 2. The molecule has 1 fully saturated rings. The molecule has 0 radical (unpaired) electrons. The number of ether oxygens (including phenoxy) is 1. The SMILES string of the molecule is O=C(O)CCNC(=O)CC1CCC(NC(=O)OCC2c3ccccc3-c3ccccc32)C1. The van der Waals surface area contributed by atoms with E-state index in [2.05, 4.69) is 34.9 Å². The van der Waals surface area contributed by atoms with Gasteiger partial charge in [0.25, 0.3) is 0 Å². The molecule has 168 valence electrons. The summed E-state index contributed by atoms with van der Waals surface area (Å²) in [6.45, 7) is 0.421. The minimum Gasteiger partial charge on any atom is -0.481 e. The van der Waals surface area contributed by atoms with Gasteiger partial charge in [0.05, 0.1) is 6.42 Å². The molecule has 0 heterocycles. The maximum Gasteiger partial charge on any atom is 0.407 e. The number of carboxylic acid groups (broad SMARTS) is 1. The highest BCUT2D eigenvalue weighted by atomic mass is 16.5. The smallest absolute Gasteiger partial charge is 0.407 e. The van der Waals surface area contributed by atoms with Crippen molar-refractivity contribution in [2.75, 3.05) is 13.2 Å². The van der Waals surface area contributed by atoms with Crippen LogP contribution in [0.5, 0.6) is 0 Å². The number of hydrogen-bond donors (Lipinski definition) is 3. The van der Waals surface area contributed by atoms with Crippen LogP contribution in [-0.4, -0.2) is 42.3 Å². The van der Waals surface area contributed by atoms with Crippen molar-refractivity contribution in [3.05, 3.63) is 59.7 Å². The highest BCUT2D eigenvalue weighted by Crippen LogP contribution is 2.44. The summed E-state index contributed by atoms with van der Waals surface area (Å²) in [5, 5.41) is 14.2. The summed E-state index contributed by atoms with van der Waals surface area (Å²) in [5.74, 6) is -0.866. The summed E-state index contributed by atoms with van der Waals surface area (Å²) in [4.78, 5) is 34.9. The van der Waals surface area contributed by atoms with Gasteiger partial charge in [-0.25, -0.2) is 4.79 Å². The van der Waals surface area contributed by atoms with Gasteiger partial charge in [0, 0.05) is 24.9 Å². The van der Waals surface area contributed by atoms with Crippen LogP contribution in [0.25, 0.3) is 11.1 Å². The third kappa shape index (κ3) is 5.10. The van der Waals surface area contributed by atoms with E-state index in [1.165, 1.54) is 22.3 Å². The molecule has 32 heavy (non-hydrogen) atoms. The number of fused-ring (bicyclic) bond motifs is 3. The molecule has 2 unspecified atom stereocenters. The average molecular weight is 437 g/mol. The molecule has 7 nitrogen and oxygen atoms in total. The molecule has 4 rings (SSSR count). The first-order chi connectivity index (χ1) is 15.5. The van der Waals surface area contributed by atoms with Crippen LogP contribution in [0, 0.1) is 5.92 Å². The fourth-order valence-corrected chi connectivity index (χ4v) is 4.84. The standard InChI is InChI=1S/C25H28N2O5/c28-23(26-12-11-24(29)30)14-16-9-10-17(13-16)27-25(31)32-15-22-20-7-3-1-5-18(20)19-6-2-4-8-21(19)22/h1-8,16-17,22H,9-15H2,(H,26,28)(H,27,31)(H,29,30). The molecule has 0 aromatic heterocycles. The van der Waals surface area contributed by atoms with Crippen molar-refractivity contribution < 1.29 is 24.2 Å². The minimum atomic E-state index is -0.932. The van der Waals surface area contributed by atoms with Crippen molar-refractivity contribution in [1.29, 1.82) is 0 Å². The van der Waals surface area contributed by atoms with E-state index in [0.29, 0.717) is 6.42 Å². The molecule has 0 saturated heterocycles. The Morgan fingerprint density at radius 2 is 1.62 bits per heavy atom. The first-order valence-corrected chi connectivity index (χ1v) is 11.1. The van der Waals surface area contributed by atoms with Crippen LogP contribution in [0.3, 0.4) is 0 Å². The average Bonchev–Trinajstić information content (AvgIpc) is 3.34. The van der Waals surface area contributed by atoms with Gasteiger partial charge >= 0.3 is 12.1 Å². The molecular weight excluding hydrogens is 408 g/mol. The van der Waals surface area contributed by atoms with Crippen molar-refractivity contribution in [3.8, 4) is 11.1 Å². The van der Waals surface area contributed by atoms with Crippen LogP contribution in [-0.2, 0) is 14.3 Å². The van der Waals surface area contributed by atoms with Gasteiger partial charge in [-0.15, -0.1) is 0 Å². The monoisotopic (exact) mass is 436 g/mol. The molecule has 2 aliphatic rings. The Morgan fingerprint density at radius 1 is 0.969 bits per heavy atom. The Morgan fingerprint density at radius 3 is 2.28 bits per heavy atom. The van der Waals surface area contributed by atoms with Crippen LogP contribution in [0.1, 0.15) is 49.1 Å². The minimum absolute atomic E-state index is 0.0116. The third-order valence-electron chi connectivity index (χ3n) is 6.34. The van der Waals surface area contributed by atoms with Crippen molar-refractivity contribution in [2.45, 2.75) is 44.1 Å². The largest absolute Gasteiger partial charge is 0.481 e. The Hall–Kier alpha value is -3.35. The van der Waals surface area contributed by atoms with Gasteiger partial charge in [0.1, 0.15) is 6.61 Å². The molecule has 0 aliphatic heterocycles. The lowest BCUT2D eigenvalue weighted by molar-refractivity contribution is -0.136. The molecule has 2 aromatic rings. The van der Waals surface area contributed by atoms with E-state index in [1.54, 1.807) is 0 Å². The van der Waals surface area contributed by atoms with Crippen LogP contribution in [0.4, 0.5) is 4.79 Å². The van der Waals surface area contributed by atoms with Crippen molar-refractivity contribution in [1.82, 2.24) is 10.6 Å². The van der Waals surface area contributed by atoms with Gasteiger partial charge in [-0.2, -0.15) is 0 Å². The highest BCUT2D eigenvalue weighted by Gasteiger charge is 2.31. The maximum absolute atomic E-state index is 12.4. The second-order valence-electron chi connectivity index (χ2n) is 8.54. The van der Waals surface area contributed by atoms with E-state index in [-0.39, 0.29) is 43.4 Å². The van der Waals surface area contributed by atoms with E-state index in [0.717, 1.165) is 19.3 Å². The Balaban J connectivity index is 1.24. The number of nitrogens with one attached hydrogen (secondary N) is 2. The first-order valence-electron chi connectivity index (χ1n) is 11.1. The normalized spacial score (nSPS) is 19.1. The summed E-state index contributed by atoms with van der Waals surface area (Å²) in [5.41, 5.74) is 4.74. The number of alkyl carbamates (subject to hydrolysis) is 1. The van der Waals surface area contributed by atoms with E-state index < -0.39 is 12.1 Å². The zero-order valence-electron chi connectivity index (χ0n) is 17.9. The molecule has 2 atom stereocenters. The summed E-state index contributed by atoms with van der Waals surface area (Å²) in [6, 6.07) is 16.4. The first kappa shape index (κ1) is 21.9. The van der Waals surface area contributed by atoms with Crippen molar-refractivity contribution >= 4 is 18.0 Å². The fourth-order valence-electron chi connectivity index (χ4n) is 4.84. The fraction of sp³-hybridized carbons (Fsp3) is 0.400. The lowest BCUT2D eigenvalue weighted by atomic mass is 9.98. The van der Waals surface area contributed by atoms with Gasteiger partial charge in [0.2, 0.25) is 5.91 Å². The predicted molar refractivity (Wildman–Crippen MR) is 119 cm³/mol. The lowest BCUT2D eigenvalue weighted by Crippen LogP contribution is -2.34. The topological polar surface area (TPSA) is 105 Å². The number of hydrogen-bond acceptors (Lipinski definition) is 4. The molecule has 0 bridgehead atoms. The van der Waals surface area contributed by atoms with E-state index in [9.17, 15) is 14.4 Å². The van der Waals surface area contributed by atoms with Gasteiger partial charge < -0.3 is 20.5 Å². The van der Waals surface area contributed by atoms with E-state index in [4.69, 9.17) is 9.84 Å². The predicted octanol–water partition coefficient (Wildman–Crippen LogP) is 3.67. The Bertz CT molecular complexity index is 960. The van der Waals surface area contributed by atoms with Gasteiger partial charge in [-0.3, -0.25) is 9.59 Å². The number of carbonyl (C=O) groups is 3. The molecule has 7 heteroatoms. The van der Waals surface area contributed by atoms with Gasteiger partial charge in [-0.1, -0.05) is 48.5 Å². The van der Waals surface area contributed by atoms with Crippen molar-refractivity contribution in [2.24, 2.45) is 5.92 Å². The number of benzene rings is 2. The van der Waals surface area contributed by atoms with Crippen LogP contribution in [0.15, 0.2) is 48.5 Å². The van der Waals surface area contributed by atoms with Crippen LogP contribution in [0.2, 0.25) is 0 Å². The molecule has 3 N–H and O–H groups in total. The van der Waals surface area contributed by atoms with Crippen LogP contribution >= 0.6 is 0 Å². The quantitative estimate of drug-likeness (QED) is 0.586. The number of carbonyl (C=O) groups excluding carboxylic acids is 2. The Labute approximate surface area is 187 Å². The molecule has 2 aromatic carbocycles. The summed E-state index contributed by atoms with van der Waals surface area (Å²) >= 11 is 0. The van der Waals surface area contributed by atoms with Gasteiger partial charge in [-0.05, 0) is 47.4 Å². The zero-order valence-corrected chi connectivity index (χ0v) is 17.9. The molecular formula is C25H28N2O5. The number of aliphatic carboxylic acids is 1. The zero-order chi connectivity index (χ0) is 22.5. The lowest BCUT2D eigenvalue weighted by Gasteiger charge is -2.17. The summed E-state index contributed by atoms with van der Waals surface area (Å²) in [6.07, 6.45) is 2.21. The molecule has 2 amide bonds. The highest BCUT2D eigenvalue weighted by molar-refractivity contribution is 5.79. The molecule has 2 aliphatic carbocycles. The van der Waals surface area contributed by atoms with E-state index >= 15 is 0 Å². The number of carboxylic acids is 1. The molecule has 0 spiro atoms.